The number of furan rings is 1. The van der Waals surface area contributed by atoms with E-state index in [0.29, 0.717) is 12.2 Å². The summed E-state index contributed by atoms with van der Waals surface area (Å²) in [7, 11) is 0. The van der Waals surface area contributed by atoms with E-state index >= 15 is 0 Å². The number of aliphatic hydroxyl groups excluding tert-OH is 1. The summed E-state index contributed by atoms with van der Waals surface area (Å²) in [6.07, 6.45) is 3.67. The molecule has 0 radical (unpaired) electrons. The van der Waals surface area contributed by atoms with Gasteiger partial charge in [0.25, 0.3) is 0 Å². The number of hydrogen-bond acceptors (Lipinski definition) is 3. The summed E-state index contributed by atoms with van der Waals surface area (Å²) in [4.78, 5) is 11.7. The number of benzene rings is 1. The lowest BCUT2D eigenvalue weighted by molar-refractivity contribution is -0.111. The van der Waals surface area contributed by atoms with Crippen LogP contribution in [0.5, 0.6) is 0 Å². The van der Waals surface area contributed by atoms with Gasteiger partial charge in [-0.1, -0.05) is 12.1 Å². The maximum atomic E-state index is 11.7. The van der Waals surface area contributed by atoms with Crippen molar-refractivity contribution in [3.8, 4) is 0 Å². The van der Waals surface area contributed by atoms with E-state index < -0.39 is 0 Å². The van der Waals surface area contributed by atoms with E-state index in [0.717, 1.165) is 17.0 Å². The first kappa shape index (κ1) is 14.1. The highest BCUT2D eigenvalue weighted by molar-refractivity contribution is 6.01. The first-order valence-electron chi connectivity index (χ1n) is 6.42. The molecule has 0 unspecified atom stereocenters. The molecule has 1 aromatic heterocycles. The number of aryl methyl sites for hydroxylation is 1. The largest absolute Gasteiger partial charge is 0.462 e. The number of anilines is 1. The van der Waals surface area contributed by atoms with Crippen molar-refractivity contribution in [2.24, 2.45) is 0 Å². The van der Waals surface area contributed by atoms with Gasteiger partial charge in [-0.15, -0.1) is 0 Å². The van der Waals surface area contributed by atoms with Gasteiger partial charge >= 0.3 is 0 Å². The molecular weight excluding hydrogens is 254 g/mol. The zero-order valence-electron chi connectivity index (χ0n) is 11.3. The highest BCUT2D eigenvalue weighted by atomic mass is 16.3. The number of carbonyl (C=O) groups excluding carboxylic acids is 1. The van der Waals surface area contributed by atoms with Crippen molar-refractivity contribution in [1.82, 2.24) is 0 Å². The smallest absolute Gasteiger partial charge is 0.248 e. The Morgan fingerprint density at radius 3 is 2.60 bits per heavy atom. The molecule has 1 aromatic carbocycles. The average Bonchev–Trinajstić information content (AvgIpc) is 2.85. The standard InChI is InChI=1S/C16H17NO3/c1-12-2-7-15(20-12)8-9-16(19)17-14-5-3-13(4-6-14)10-11-18/h2-9,18H,10-11H2,1H3,(H,17,19)/b9-8+. The van der Waals surface area contributed by atoms with Crippen LogP contribution in [0.25, 0.3) is 6.08 Å². The van der Waals surface area contributed by atoms with Gasteiger partial charge in [-0.05, 0) is 49.2 Å². The van der Waals surface area contributed by atoms with Crippen LogP contribution in [0.4, 0.5) is 5.69 Å². The molecule has 2 N–H and O–H groups in total. The number of carbonyl (C=O) groups is 1. The molecule has 0 bridgehead atoms. The number of hydrogen-bond donors (Lipinski definition) is 2. The summed E-state index contributed by atoms with van der Waals surface area (Å²) in [6, 6.07) is 11.0. The monoisotopic (exact) mass is 271 g/mol. The lowest BCUT2D eigenvalue weighted by Gasteiger charge is -2.03. The molecule has 0 atom stereocenters. The van der Waals surface area contributed by atoms with Crippen LogP contribution in [0.15, 0.2) is 46.9 Å². The van der Waals surface area contributed by atoms with Gasteiger partial charge < -0.3 is 14.8 Å². The number of nitrogens with one attached hydrogen (secondary N) is 1. The van der Waals surface area contributed by atoms with Crippen molar-refractivity contribution >= 4 is 17.7 Å². The second-order valence-electron chi connectivity index (χ2n) is 4.44. The van der Waals surface area contributed by atoms with Crippen molar-refractivity contribution in [2.75, 3.05) is 11.9 Å². The topological polar surface area (TPSA) is 62.5 Å². The minimum Gasteiger partial charge on any atom is -0.462 e. The van der Waals surface area contributed by atoms with E-state index in [1.165, 1.54) is 6.08 Å². The van der Waals surface area contributed by atoms with Crippen LogP contribution in [0.3, 0.4) is 0 Å². The second kappa shape index (κ2) is 6.73. The molecule has 1 heterocycles. The van der Waals surface area contributed by atoms with Crippen molar-refractivity contribution in [1.29, 1.82) is 0 Å². The van der Waals surface area contributed by atoms with Gasteiger partial charge in [-0.3, -0.25) is 4.79 Å². The Bertz CT molecular complexity index is 596. The summed E-state index contributed by atoms with van der Waals surface area (Å²) in [5.41, 5.74) is 1.75. The van der Waals surface area contributed by atoms with E-state index in [-0.39, 0.29) is 12.5 Å². The van der Waals surface area contributed by atoms with Crippen LogP contribution in [0.1, 0.15) is 17.1 Å². The first-order chi connectivity index (χ1) is 9.67. The van der Waals surface area contributed by atoms with Crippen molar-refractivity contribution in [3.05, 3.63) is 59.6 Å². The number of amides is 1. The zero-order chi connectivity index (χ0) is 14.4. The third-order valence-electron chi connectivity index (χ3n) is 2.78. The molecule has 2 aromatic rings. The summed E-state index contributed by atoms with van der Waals surface area (Å²) in [5, 5.41) is 11.6. The summed E-state index contributed by atoms with van der Waals surface area (Å²) in [5.74, 6) is 1.24. The molecule has 0 spiro atoms. The fraction of sp³-hybridized carbons (Fsp3) is 0.188. The van der Waals surface area contributed by atoms with Crippen LogP contribution in [-0.2, 0) is 11.2 Å². The molecule has 0 aliphatic rings. The van der Waals surface area contributed by atoms with E-state index in [1.54, 1.807) is 6.08 Å². The predicted octanol–water partition coefficient (Wildman–Crippen LogP) is 2.77. The second-order valence-corrected chi connectivity index (χ2v) is 4.44. The maximum absolute atomic E-state index is 11.7. The Labute approximate surface area is 117 Å². The van der Waals surface area contributed by atoms with Crippen LogP contribution < -0.4 is 5.32 Å². The van der Waals surface area contributed by atoms with Crippen molar-refractivity contribution in [3.63, 3.8) is 0 Å². The summed E-state index contributed by atoms with van der Waals surface area (Å²) < 4.78 is 5.34. The minimum atomic E-state index is -0.214. The fourth-order valence-electron chi connectivity index (χ4n) is 1.77. The van der Waals surface area contributed by atoms with Gasteiger partial charge in [0.2, 0.25) is 5.91 Å². The fourth-order valence-corrected chi connectivity index (χ4v) is 1.77. The molecule has 4 nitrogen and oxygen atoms in total. The molecule has 0 aliphatic carbocycles. The first-order valence-corrected chi connectivity index (χ1v) is 6.42. The maximum Gasteiger partial charge on any atom is 0.248 e. The molecule has 0 aliphatic heterocycles. The lowest BCUT2D eigenvalue weighted by Crippen LogP contribution is -2.07. The van der Waals surface area contributed by atoms with Crippen LogP contribution in [0.2, 0.25) is 0 Å². The summed E-state index contributed by atoms with van der Waals surface area (Å²) in [6.45, 7) is 1.97. The van der Waals surface area contributed by atoms with Gasteiger partial charge in [0.1, 0.15) is 11.5 Å². The average molecular weight is 271 g/mol. The molecule has 0 fully saturated rings. The third-order valence-corrected chi connectivity index (χ3v) is 2.78. The van der Waals surface area contributed by atoms with Gasteiger partial charge in [0.05, 0.1) is 0 Å². The molecule has 2 rings (SSSR count). The number of rotatable bonds is 5. The Morgan fingerprint density at radius 2 is 2.00 bits per heavy atom. The van der Waals surface area contributed by atoms with Gasteiger partial charge in [0.15, 0.2) is 0 Å². The van der Waals surface area contributed by atoms with Crippen LogP contribution in [0, 0.1) is 6.92 Å². The van der Waals surface area contributed by atoms with Crippen molar-refractivity contribution < 1.29 is 14.3 Å². The van der Waals surface area contributed by atoms with E-state index in [2.05, 4.69) is 5.32 Å². The lowest BCUT2D eigenvalue weighted by atomic mass is 10.1. The Balaban J connectivity index is 1.92. The Kier molecular flexibility index (Phi) is 4.74. The highest BCUT2D eigenvalue weighted by Gasteiger charge is 1.99. The molecule has 4 heteroatoms. The van der Waals surface area contributed by atoms with Crippen LogP contribution >= 0.6 is 0 Å². The molecule has 0 saturated carbocycles. The quantitative estimate of drug-likeness (QED) is 0.822. The Hall–Kier alpha value is -2.33. The van der Waals surface area contributed by atoms with E-state index in [4.69, 9.17) is 9.52 Å². The van der Waals surface area contributed by atoms with Gasteiger partial charge in [-0.2, -0.15) is 0 Å². The van der Waals surface area contributed by atoms with Gasteiger partial charge in [0, 0.05) is 18.4 Å². The highest BCUT2D eigenvalue weighted by Crippen LogP contribution is 2.11. The zero-order valence-corrected chi connectivity index (χ0v) is 11.3. The predicted molar refractivity (Wildman–Crippen MR) is 78.3 cm³/mol. The van der Waals surface area contributed by atoms with Crippen LogP contribution in [-0.4, -0.2) is 17.6 Å². The molecular formula is C16H17NO3. The number of aliphatic hydroxyl groups is 1. The minimum absolute atomic E-state index is 0.122. The molecule has 104 valence electrons. The van der Waals surface area contributed by atoms with E-state index in [9.17, 15) is 4.79 Å². The Morgan fingerprint density at radius 1 is 1.25 bits per heavy atom. The normalized spacial score (nSPS) is 10.9. The summed E-state index contributed by atoms with van der Waals surface area (Å²) >= 11 is 0. The molecule has 1 amide bonds. The third kappa shape index (κ3) is 4.10. The molecule has 20 heavy (non-hydrogen) atoms. The van der Waals surface area contributed by atoms with Gasteiger partial charge in [-0.25, -0.2) is 0 Å². The molecule has 0 saturated heterocycles. The van der Waals surface area contributed by atoms with Crippen molar-refractivity contribution in [2.45, 2.75) is 13.3 Å². The SMILES string of the molecule is Cc1ccc(/C=C/C(=O)Nc2ccc(CCO)cc2)o1. The van der Waals surface area contributed by atoms with E-state index in [1.807, 2.05) is 43.3 Å².